The molecular formula is C17H34N2O. The summed E-state index contributed by atoms with van der Waals surface area (Å²) < 4.78 is 0. The highest BCUT2D eigenvalue weighted by Gasteiger charge is 2.30. The molecule has 0 amide bonds. The summed E-state index contributed by atoms with van der Waals surface area (Å²) in [4.78, 5) is 5.17. The van der Waals surface area contributed by atoms with Crippen LogP contribution in [0.1, 0.15) is 52.4 Å². The Balaban J connectivity index is 1.74. The molecule has 3 atom stereocenters. The fourth-order valence-corrected chi connectivity index (χ4v) is 4.06. The standard InChI is InChI=1S/C17H34N2O/c1-3-5-15-6-7-17(20)16(13-15)14-19-11-9-18(8-4-2)10-12-19/h15-17,20H,3-14H2,1-2H3. The summed E-state index contributed by atoms with van der Waals surface area (Å²) >= 11 is 0. The van der Waals surface area contributed by atoms with E-state index in [4.69, 9.17) is 0 Å². The van der Waals surface area contributed by atoms with E-state index >= 15 is 0 Å². The van der Waals surface area contributed by atoms with Crippen molar-refractivity contribution in [2.24, 2.45) is 11.8 Å². The van der Waals surface area contributed by atoms with Crippen LogP contribution < -0.4 is 0 Å². The Labute approximate surface area is 125 Å². The zero-order valence-corrected chi connectivity index (χ0v) is 13.6. The topological polar surface area (TPSA) is 26.7 Å². The van der Waals surface area contributed by atoms with Crippen molar-refractivity contribution < 1.29 is 5.11 Å². The van der Waals surface area contributed by atoms with Crippen LogP contribution in [0.4, 0.5) is 0 Å². The lowest BCUT2D eigenvalue weighted by Crippen LogP contribution is -2.49. The van der Waals surface area contributed by atoms with E-state index < -0.39 is 0 Å². The molecule has 3 nitrogen and oxygen atoms in total. The predicted octanol–water partition coefficient (Wildman–Crippen LogP) is 2.59. The Bertz CT molecular complexity index is 264. The Morgan fingerprint density at radius 3 is 2.30 bits per heavy atom. The molecule has 118 valence electrons. The van der Waals surface area contributed by atoms with E-state index in [9.17, 15) is 5.11 Å². The van der Waals surface area contributed by atoms with E-state index in [0.29, 0.717) is 5.92 Å². The zero-order chi connectivity index (χ0) is 14.4. The summed E-state index contributed by atoms with van der Waals surface area (Å²) in [5.41, 5.74) is 0. The fourth-order valence-electron chi connectivity index (χ4n) is 4.06. The highest BCUT2D eigenvalue weighted by atomic mass is 16.3. The van der Waals surface area contributed by atoms with Gasteiger partial charge in [-0.3, -0.25) is 0 Å². The van der Waals surface area contributed by atoms with Crippen molar-refractivity contribution in [3.8, 4) is 0 Å². The van der Waals surface area contributed by atoms with Crippen molar-refractivity contribution in [2.45, 2.75) is 58.5 Å². The lowest BCUT2D eigenvalue weighted by molar-refractivity contribution is 0.0155. The van der Waals surface area contributed by atoms with Crippen LogP contribution in [-0.4, -0.2) is 60.3 Å². The van der Waals surface area contributed by atoms with Crippen LogP contribution >= 0.6 is 0 Å². The Kier molecular flexibility index (Phi) is 6.79. The molecule has 0 aromatic carbocycles. The van der Waals surface area contributed by atoms with E-state index in [1.807, 2.05) is 0 Å². The van der Waals surface area contributed by atoms with Gasteiger partial charge in [-0.25, -0.2) is 0 Å². The SMILES string of the molecule is CCCC1CCC(O)C(CN2CCN(CCC)CC2)C1. The maximum Gasteiger partial charge on any atom is 0.0580 e. The molecule has 2 aliphatic rings. The molecule has 3 unspecified atom stereocenters. The van der Waals surface area contributed by atoms with Gasteiger partial charge in [0.1, 0.15) is 0 Å². The first-order chi connectivity index (χ1) is 9.72. The van der Waals surface area contributed by atoms with Crippen molar-refractivity contribution in [1.29, 1.82) is 0 Å². The molecule has 0 bridgehead atoms. The molecule has 1 saturated carbocycles. The molecule has 2 fully saturated rings. The van der Waals surface area contributed by atoms with E-state index in [1.165, 1.54) is 64.8 Å². The van der Waals surface area contributed by atoms with Gasteiger partial charge in [-0.2, -0.15) is 0 Å². The minimum atomic E-state index is -0.0447. The monoisotopic (exact) mass is 282 g/mol. The van der Waals surface area contributed by atoms with Gasteiger partial charge in [-0.05, 0) is 44.1 Å². The second-order valence-corrected chi connectivity index (χ2v) is 6.94. The Morgan fingerprint density at radius 1 is 0.950 bits per heavy atom. The Hall–Kier alpha value is -0.120. The van der Waals surface area contributed by atoms with Crippen LogP contribution in [0.3, 0.4) is 0 Å². The first-order valence-electron chi connectivity index (χ1n) is 8.85. The quantitative estimate of drug-likeness (QED) is 0.811. The molecule has 0 radical (unpaired) electrons. The summed E-state index contributed by atoms with van der Waals surface area (Å²) in [5, 5.41) is 10.3. The van der Waals surface area contributed by atoms with Crippen LogP contribution in [0.5, 0.6) is 0 Å². The second kappa shape index (κ2) is 8.35. The van der Waals surface area contributed by atoms with Gasteiger partial charge in [-0.15, -0.1) is 0 Å². The molecule has 1 N–H and O–H groups in total. The van der Waals surface area contributed by atoms with Crippen LogP contribution in [-0.2, 0) is 0 Å². The molecule has 2 rings (SSSR count). The van der Waals surface area contributed by atoms with Crippen molar-refractivity contribution in [3.05, 3.63) is 0 Å². The van der Waals surface area contributed by atoms with Gasteiger partial charge < -0.3 is 14.9 Å². The highest BCUT2D eigenvalue weighted by molar-refractivity contribution is 4.83. The molecule has 1 heterocycles. The van der Waals surface area contributed by atoms with Crippen molar-refractivity contribution >= 4 is 0 Å². The lowest BCUT2D eigenvalue weighted by atomic mass is 9.77. The summed E-state index contributed by atoms with van der Waals surface area (Å²) in [7, 11) is 0. The third-order valence-corrected chi connectivity index (χ3v) is 5.25. The second-order valence-electron chi connectivity index (χ2n) is 6.94. The maximum atomic E-state index is 10.3. The number of aliphatic hydroxyl groups excluding tert-OH is 1. The molecular weight excluding hydrogens is 248 g/mol. The van der Waals surface area contributed by atoms with E-state index in [-0.39, 0.29) is 6.10 Å². The van der Waals surface area contributed by atoms with Crippen molar-refractivity contribution in [2.75, 3.05) is 39.3 Å². The van der Waals surface area contributed by atoms with Gasteiger partial charge in [-0.1, -0.05) is 26.7 Å². The third-order valence-electron chi connectivity index (χ3n) is 5.25. The number of nitrogens with zero attached hydrogens (tertiary/aromatic N) is 2. The summed E-state index contributed by atoms with van der Waals surface area (Å²) in [6, 6.07) is 0. The third kappa shape index (κ3) is 4.71. The molecule has 20 heavy (non-hydrogen) atoms. The molecule has 1 aliphatic heterocycles. The molecule has 3 heteroatoms. The smallest absolute Gasteiger partial charge is 0.0580 e. The normalized spacial score (nSPS) is 33.5. The van der Waals surface area contributed by atoms with E-state index in [1.54, 1.807) is 0 Å². The van der Waals surface area contributed by atoms with Crippen LogP contribution in [0.2, 0.25) is 0 Å². The first kappa shape index (κ1) is 16.3. The van der Waals surface area contributed by atoms with E-state index in [0.717, 1.165) is 18.9 Å². The molecule has 0 aromatic rings. The lowest BCUT2D eigenvalue weighted by Gasteiger charge is -2.40. The minimum Gasteiger partial charge on any atom is -0.393 e. The predicted molar refractivity (Wildman–Crippen MR) is 84.9 cm³/mol. The number of aliphatic hydroxyl groups is 1. The van der Waals surface area contributed by atoms with Gasteiger partial charge in [0.25, 0.3) is 0 Å². The van der Waals surface area contributed by atoms with Crippen LogP contribution in [0.25, 0.3) is 0 Å². The Morgan fingerprint density at radius 2 is 1.65 bits per heavy atom. The van der Waals surface area contributed by atoms with Gasteiger partial charge in [0.15, 0.2) is 0 Å². The first-order valence-corrected chi connectivity index (χ1v) is 8.85. The number of piperazine rings is 1. The average Bonchev–Trinajstić information content (AvgIpc) is 2.45. The van der Waals surface area contributed by atoms with Crippen LogP contribution in [0, 0.1) is 11.8 Å². The zero-order valence-electron chi connectivity index (χ0n) is 13.6. The average molecular weight is 282 g/mol. The summed E-state index contributed by atoms with van der Waals surface area (Å²) in [6.45, 7) is 11.7. The van der Waals surface area contributed by atoms with E-state index in [2.05, 4.69) is 23.6 Å². The molecule has 0 spiro atoms. The van der Waals surface area contributed by atoms with Gasteiger partial charge in [0.2, 0.25) is 0 Å². The minimum absolute atomic E-state index is 0.0447. The van der Waals surface area contributed by atoms with Crippen LogP contribution in [0.15, 0.2) is 0 Å². The fraction of sp³-hybridized carbons (Fsp3) is 1.00. The van der Waals surface area contributed by atoms with Crippen molar-refractivity contribution in [3.63, 3.8) is 0 Å². The number of hydrogen-bond donors (Lipinski definition) is 1. The number of rotatable bonds is 6. The number of hydrogen-bond acceptors (Lipinski definition) is 3. The highest BCUT2D eigenvalue weighted by Crippen LogP contribution is 2.32. The summed E-state index contributed by atoms with van der Waals surface area (Å²) in [6.07, 6.45) is 7.40. The largest absolute Gasteiger partial charge is 0.393 e. The van der Waals surface area contributed by atoms with Gasteiger partial charge in [0, 0.05) is 32.7 Å². The van der Waals surface area contributed by atoms with Gasteiger partial charge in [0.05, 0.1) is 6.10 Å². The molecule has 0 aromatic heterocycles. The molecule has 1 saturated heterocycles. The molecule has 1 aliphatic carbocycles. The summed E-state index contributed by atoms with van der Waals surface area (Å²) in [5.74, 6) is 1.40. The van der Waals surface area contributed by atoms with Gasteiger partial charge >= 0.3 is 0 Å². The van der Waals surface area contributed by atoms with Crippen molar-refractivity contribution in [1.82, 2.24) is 9.80 Å². The maximum absolute atomic E-state index is 10.3.